The van der Waals surface area contributed by atoms with Gasteiger partial charge < -0.3 is 0 Å². The van der Waals surface area contributed by atoms with E-state index in [1.54, 1.807) is 11.9 Å². The van der Waals surface area contributed by atoms with Gasteiger partial charge in [-0.1, -0.05) is 0 Å². The van der Waals surface area contributed by atoms with Crippen LogP contribution < -0.4 is 9.30 Å². The Labute approximate surface area is 117 Å². The second-order valence-electron chi connectivity index (χ2n) is 3.55. The van der Waals surface area contributed by atoms with E-state index in [0.717, 1.165) is 10.1 Å². The summed E-state index contributed by atoms with van der Waals surface area (Å²) in [7, 11) is 1.73. The molecule has 2 radical (unpaired) electrons. The van der Waals surface area contributed by atoms with Gasteiger partial charge in [-0.15, -0.1) is 0 Å². The minimum absolute atomic E-state index is 0.0364. The molecule has 0 atom stereocenters. The third-order valence-electron chi connectivity index (χ3n) is 2.35. The second-order valence-corrected chi connectivity index (χ2v) is 5.92. The molecule has 0 heterocycles. The third-order valence-corrected chi connectivity index (χ3v) is 4.14. The standard InChI is InChI=1S/C11H14ClGeNO4/c1-14(11(15)3-2-8-12)10-6-4-9(5-7-10)13-17-18-16/h4-7,16H,2-3,8H2,1H3. The number of hydrogen-bond acceptors (Lipinski definition) is 4. The molecule has 0 bridgehead atoms. The molecule has 98 valence electrons. The van der Waals surface area contributed by atoms with E-state index in [4.69, 9.17) is 16.9 Å². The van der Waals surface area contributed by atoms with E-state index in [2.05, 4.69) is 8.95 Å². The Bertz CT molecular complexity index is 374. The summed E-state index contributed by atoms with van der Waals surface area (Å²) in [5.74, 6) is 0.525. The fourth-order valence-electron chi connectivity index (χ4n) is 1.35. The van der Waals surface area contributed by atoms with E-state index < -0.39 is 15.8 Å². The molecule has 0 aromatic heterocycles. The Kier molecular flexibility index (Phi) is 7.30. The molecule has 18 heavy (non-hydrogen) atoms. The number of amides is 1. The summed E-state index contributed by atoms with van der Waals surface area (Å²) in [5.41, 5.74) is 0.815. The van der Waals surface area contributed by atoms with Crippen LogP contribution >= 0.6 is 11.6 Å². The van der Waals surface area contributed by atoms with Gasteiger partial charge in [-0.25, -0.2) is 0 Å². The van der Waals surface area contributed by atoms with Gasteiger partial charge in [0.05, 0.1) is 0 Å². The molecule has 0 unspecified atom stereocenters. The predicted molar refractivity (Wildman–Crippen MR) is 70.0 cm³/mol. The second kappa shape index (κ2) is 8.50. The molecule has 7 heteroatoms. The van der Waals surface area contributed by atoms with Crippen LogP contribution in [-0.4, -0.2) is 39.9 Å². The van der Waals surface area contributed by atoms with E-state index in [1.807, 2.05) is 24.3 Å². The van der Waals surface area contributed by atoms with Gasteiger partial charge in [-0.3, -0.25) is 0 Å². The van der Waals surface area contributed by atoms with Gasteiger partial charge >= 0.3 is 117 Å². The van der Waals surface area contributed by atoms with Crippen molar-refractivity contribution >= 4 is 43.4 Å². The van der Waals surface area contributed by atoms with Gasteiger partial charge in [-0.05, 0) is 0 Å². The molecule has 0 aliphatic rings. The van der Waals surface area contributed by atoms with Crippen LogP contribution in [0.3, 0.4) is 0 Å². The van der Waals surface area contributed by atoms with Crippen molar-refractivity contribution in [3.8, 4) is 0 Å². The number of halogens is 1. The van der Waals surface area contributed by atoms with E-state index in [9.17, 15) is 4.79 Å². The van der Waals surface area contributed by atoms with Gasteiger partial charge in [-0.2, -0.15) is 0 Å². The van der Waals surface area contributed by atoms with Gasteiger partial charge in [0.1, 0.15) is 0 Å². The zero-order valence-corrected chi connectivity index (χ0v) is 12.8. The summed E-state index contributed by atoms with van der Waals surface area (Å²) >= 11 is 4.60. The molecular weight excluding hydrogens is 318 g/mol. The zero-order valence-electron chi connectivity index (χ0n) is 9.93. The van der Waals surface area contributed by atoms with Crippen LogP contribution in [0.15, 0.2) is 24.3 Å². The predicted octanol–water partition coefficient (Wildman–Crippen LogP) is 1.33. The first-order valence-corrected chi connectivity index (χ1v) is 7.78. The van der Waals surface area contributed by atoms with E-state index in [0.29, 0.717) is 18.7 Å². The number of hydrogen-bond donors (Lipinski definition) is 1. The number of benzene rings is 1. The van der Waals surface area contributed by atoms with Gasteiger partial charge in [0.25, 0.3) is 0 Å². The van der Waals surface area contributed by atoms with Crippen LogP contribution in [0.2, 0.25) is 0 Å². The quantitative estimate of drug-likeness (QED) is 0.354. The number of carbonyl (C=O) groups excluding carboxylic acids is 1. The van der Waals surface area contributed by atoms with Crippen LogP contribution in [0.5, 0.6) is 0 Å². The molecule has 0 spiro atoms. The Hall–Kier alpha value is -0.597. The minimum atomic E-state index is -0.956. The first-order valence-electron chi connectivity index (χ1n) is 5.34. The molecular formula is C11H14ClGeNO4. The Morgan fingerprint density at radius 1 is 1.44 bits per heavy atom. The number of nitrogens with zero attached hydrogens (tertiary/aromatic N) is 1. The maximum absolute atomic E-state index is 11.8. The topological polar surface area (TPSA) is 59.0 Å². The van der Waals surface area contributed by atoms with Crippen LogP contribution in [0.1, 0.15) is 12.8 Å². The van der Waals surface area contributed by atoms with Crippen molar-refractivity contribution in [2.75, 3.05) is 17.8 Å². The van der Waals surface area contributed by atoms with Crippen molar-refractivity contribution < 1.29 is 19.0 Å². The van der Waals surface area contributed by atoms with Gasteiger partial charge in [0.15, 0.2) is 0 Å². The summed E-state index contributed by atoms with van der Waals surface area (Å²) in [6.07, 6.45) is 1.12. The van der Waals surface area contributed by atoms with Crippen molar-refractivity contribution in [1.82, 2.24) is 0 Å². The molecule has 0 aliphatic carbocycles. The molecule has 1 aromatic carbocycles. The van der Waals surface area contributed by atoms with Crippen molar-refractivity contribution in [2.24, 2.45) is 0 Å². The monoisotopic (exact) mass is 333 g/mol. The first kappa shape index (κ1) is 15.5. The van der Waals surface area contributed by atoms with Crippen molar-refractivity contribution in [2.45, 2.75) is 12.8 Å². The van der Waals surface area contributed by atoms with Crippen LogP contribution in [-0.2, 0) is 13.7 Å². The molecule has 1 aromatic rings. The summed E-state index contributed by atoms with van der Waals surface area (Å²) in [4.78, 5) is 13.4. The summed E-state index contributed by atoms with van der Waals surface area (Å²) < 4.78 is 5.46. The van der Waals surface area contributed by atoms with Gasteiger partial charge in [0.2, 0.25) is 0 Å². The van der Waals surface area contributed by atoms with Crippen LogP contribution in [0.25, 0.3) is 0 Å². The van der Waals surface area contributed by atoms with E-state index in [1.165, 1.54) is 0 Å². The van der Waals surface area contributed by atoms with Crippen LogP contribution in [0.4, 0.5) is 5.69 Å². The van der Waals surface area contributed by atoms with Crippen molar-refractivity contribution in [3.63, 3.8) is 0 Å². The molecule has 5 nitrogen and oxygen atoms in total. The molecule has 1 amide bonds. The fourth-order valence-corrected chi connectivity index (χ4v) is 2.40. The number of alkyl halides is 1. The molecule has 1 N–H and O–H groups in total. The summed E-state index contributed by atoms with van der Waals surface area (Å²) in [6.45, 7) is 0. The number of rotatable bonds is 7. The average molecular weight is 332 g/mol. The SMILES string of the molecule is CN(C(=O)CCCCl)c1cc[c]([Ge][O]OO)cc1. The van der Waals surface area contributed by atoms with Crippen molar-refractivity contribution in [1.29, 1.82) is 0 Å². The van der Waals surface area contributed by atoms with Gasteiger partial charge in [0, 0.05) is 0 Å². The van der Waals surface area contributed by atoms with E-state index in [-0.39, 0.29) is 5.91 Å². The molecule has 0 saturated heterocycles. The number of anilines is 1. The Balaban J connectivity index is 2.58. The van der Waals surface area contributed by atoms with Crippen LogP contribution in [0, 0.1) is 0 Å². The zero-order chi connectivity index (χ0) is 13.4. The van der Waals surface area contributed by atoms with Crippen molar-refractivity contribution in [3.05, 3.63) is 24.3 Å². The molecule has 1 rings (SSSR count). The third kappa shape index (κ3) is 4.95. The Morgan fingerprint density at radius 3 is 2.67 bits per heavy atom. The molecule has 0 saturated carbocycles. The number of carbonyl (C=O) groups is 1. The average Bonchev–Trinajstić information content (AvgIpc) is 2.42. The Morgan fingerprint density at radius 2 is 2.11 bits per heavy atom. The molecule has 0 aliphatic heterocycles. The molecule has 0 fully saturated rings. The normalized spacial score (nSPS) is 10.4. The maximum atomic E-state index is 11.8. The fraction of sp³-hybridized carbons (Fsp3) is 0.364. The van der Waals surface area contributed by atoms with E-state index >= 15 is 0 Å². The summed E-state index contributed by atoms with van der Waals surface area (Å²) in [5, 5.41) is 11.7. The first-order chi connectivity index (χ1) is 8.69. The summed E-state index contributed by atoms with van der Waals surface area (Å²) in [6, 6.07) is 7.36.